The number of sulfonamides is 1. The number of benzene rings is 1. The molecular weight excluding hydrogens is 458 g/mol. The van der Waals surface area contributed by atoms with Crippen molar-refractivity contribution in [3.8, 4) is 0 Å². The molecule has 0 saturated carbocycles. The van der Waals surface area contributed by atoms with E-state index in [2.05, 4.69) is 26.3 Å². The van der Waals surface area contributed by atoms with Gasteiger partial charge in [0, 0.05) is 42.8 Å². The van der Waals surface area contributed by atoms with E-state index in [1.165, 1.54) is 4.31 Å². The van der Waals surface area contributed by atoms with Gasteiger partial charge in [-0.1, -0.05) is 15.9 Å². The van der Waals surface area contributed by atoms with Crippen LogP contribution in [0, 0.1) is 0 Å². The Hall–Kier alpha value is -1.75. The average molecular weight is 484 g/mol. The quantitative estimate of drug-likeness (QED) is 0.681. The third-order valence-corrected chi connectivity index (χ3v) is 7.50. The third-order valence-electron chi connectivity index (χ3n) is 5.06. The molecule has 1 aliphatic heterocycles. The van der Waals surface area contributed by atoms with Gasteiger partial charge in [-0.25, -0.2) is 13.1 Å². The molecule has 10 heteroatoms. The summed E-state index contributed by atoms with van der Waals surface area (Å²) in [5.41, 5.74) is 0. The first-order chi connectivity index (χ1) is 13.7. The van der Waals surface area contributed by atoms with Crippen LogP contribution in [0.5, 0.6) is 0 Å². The van der Waals surface area contributed by atoms with E-state index in [1.54, 1.807) is 41.2 Å². The van der Waals surface area contributed by atoms with Crippen LogP contribution in [0.2, 0.25) is 0 Å². The van der Waals surface area contributed by atoms with E-state index < -0.39 is 10.0 Å². The predicted octanol–water partition coefficient (Wildman–Crippen LogP) is 2.56. The molecule has 1 fully saturated rings. The zero-order valence-corrected chi connectivity index (χ0v) is 19.1. The van der Waals surface area contributed by atoms with Gasteiger partial charge >= 0.3 is 0 Å². The van der Waals surface area contributed by atoms with Crippen LogP contribution in [0.4, 0.5) is 5.82 Å². The maximum Gasteiger partial charge on any atom is 0.243 e. The van der Waals surface area contributed by atoms with Crippen molar-refractivity contribution in [1.29, 1.82) is 0 Å². The highest BCUT2D eigenvalue weighted by Crippen LogP contribution is 2.21. The average Bonchev–Trinajstić information content (AvgIpc) is 3.16. The Balaban J connectivity index is 1.60. The van der Waals surface area contributed by atoms with Crippen LogP contribution in [0.15, 0.2) is 45.9 Å². The molecule has 1 amide bonds. The summed E-state index contributed by atoms with van der Waals surface area (Å²) in [6, 6.07) is 8.17. The van der Waals surface area contributed by atoms with Gasteiger partial charge in [0.05, 0.1) is 17.1 Å². The number of hydrogen-bond acceptors (Lipinski definition) is 5. The summed E-state index contributed by atoms with van der Waals surface area (Å²) in [7, 11) is -3.53. The van der Waals surface area contributed by atoms with Crippen molar-refractivity contribution in [2.75, 3.05) is 31.5 Å². The molecule has 1 aromatic carbocycles. The largest absolute Gasteiger partial charge is 0.310 e. The lowest BCUT2D eigenvalue weighted by Gasteiger charge is -2.36. The number of amides is 1. The topological polar surface area (TPSA) is 87.5 Å². The first-order valence-corrected chi connectivity index (χ1v) is 11.8. The zero-order chi connectivity index (χ0) is 21.2. The van der Waals surface area contributed by atoms with E-state index in [9.17, 15) is 13.2 Å². The van der Waals surface area contributed by atoms with Crippen molar-refractivity contribution >= 4 is 37.7 Å². The molecule has 1 saturated heterocycles. The summed E-state index contributed by atoms with van der Waals surface area (Å²) in [4.78, 5) is 15.0. The summed E-state index contributed by atoms with van der Waals surface area (Å²) in [6.07, 6.45) is 1.66. The second-order valence-corrected chi connectivity index (χ2v) is 10.2. The number of piperazine rings is 1. The van der Waals surface area contributed by atoms with E-state index in [-0.39, 0.29) is 22.9 Å². The molecule has 1 aromatic heterocycles. The number of halogens is 1. The van der Waals surface area contributed by atoms with Gasteiger partial charge in [-0.3, -0.25) is 9.69 Å². The standard InChI is InChI=1S/C19H26BrN5O3S/c1-14(2)25-18(8-9-21-25)22-19(26)15(3)23-10-12-24(13-11-23)29(27,28)17-6-4-16(20)5-7-17/h4-9,14-15H,10-13H2,1-3H3,(H,22,26). The van der Waals surface area contributed by atoms with Crippen LogP contribution < -0.4 is 5.32 Å². The highest BCUT2D eigenvalue weighted by atomic mass is 79.9. The number of nitrogens with one attached hydrogen (secondary N) is 1. The van der Waals surface area contributed by atoms with Crippen LogP contribution >= 0.6 is 15.9 Å². The van der Waals surface area contributed by atoms with Gasteiger partial charge in [0.15, 0.2) is 0 Å². The maximum atomic E-state index is 12.8. The SMILES string of the molecule is CC(C(=O)Nc1ccnn1C(C)C)N1CCN(S(=O)(=O)c2ccc(Br)cc2)CC1. The molecule has 0 spiro atoms. The molecule has 1 atom stereocenters. The molecule has 0 radical (unpaired) electrons. The summed E-state index contributed by atoms with van der Waals surface area (Å²) in [6.45, 7) is 7.51. The Bertz CT molecular complexity index is 950. The van der Waals surface area contributed by atoms with Gasteiger partial charge in [-0.15, -0.1) is 0 Å². The number of carbonyl (C=O) groups is 1. The molecule has 0 bridgehead atoms. The van der Waals surface area contributed by atoms with Gasteiger partial charge in [0.25, 0.3) is 0 Å². The molecule has 29 heavy (non-hydrogen) atoms. The Kier molecular flexibility index (Phi) is 6.77. The number of hydrogen-bond donors (Lipinski definition) is 1. The van der Waals surface area contributed by atoms with Crippen LogP contribution in [-0.4, -0.2) is 65.5 Å². The smallest absolute Gasteiger partial charge is 0.243 e. The fraction of sp³-hybridized carbons (Fsp3) is 0.474. The van der Waals surface area contributed by atoms with Crippen molar-refractivity contribution < 1.29 is 13.2 Å². The number of rotatable bonds is 6. The first-order valence-electron chi connectivity index (χ1n) is 9.54. The minimum absolute atomic E-state index is 0.128. The number of nitrogens with zero attached hydrogens (tertiary/aromatic N) is 4. The van der Waals surface area contributed by atoms with Gasteiger partial charge in [0.1, 0.15) is 5.82 Å². The minimum Gasteiger partial charge on any atom is -0.310 e. The molecule has 2 heterocycles. The second kappa shape index (κ2) is 8.95. The monoisotopic (exact) mass is 483 g/mol. The highest BCUT2D eigenvalue weighted by Gasteiger charge is 2.32. The normalized spacial score (nSPS) is 17.4. The molecule has 1 aliphatic rings. The molecular formula is C19H26BrN5O3S. The number of aromatic nitrogens is 2. The lowest BCUT2D eigenvalue weighted by atomic mass is 10.2. The highest BCUT2D eigenvalue weighted by molar-refractivity contribution is 9.10. The maximum absolute atomic E-state index is 12.8. The fourth-order valence-corrected chi connectivity index (χ4v) is 4.99. The van der Waals surface area contributed by atoms with Gasteiger partial charge < -0.3 is 5.32 Å². The first kappa shape index (κ1) is 21.9. The molecule has 1 N–H and O–H groups in total. The van der Waals surface area contributed by atoms with E-state index in [0.717, 1.165) is 4.47 Å². The summed E-state index contributed by atoms with van der Waals surface area (Å²) >= 11 is 3.32. The van der Waals surface area contributed by atoms with Crippen LogP contribution in [0.25, 0.3) is 0 Å². The van der Waals surface area contributed by atoms with Crippen molar-refractivity contribution in [1.82, 2.24) is 19.0 Å². The Morgan fingerprint density at radius 2 is 1.69 bits per heavy atom. The van der Waals surface area contributed by atoms with Gasteiger partial charge in [0.2, 0.25) is 15.9 Å². The third kappa shape index (κ3) is 4.88. The number of carbonyl (C=O) groups excluding carboxylic acids is 1. The summed E-state index contributed by atoms with van der Waals surface area (Å²) in [5.74, 6) is 0.532. The Morgan fingerprint density at radius 1 is 1.07 bits per heavy atom. The fourth-order valence-electron chi connectivity index (χ4n) is 3.31. The Labute approximate surface area is 180 Å². The molecule has 8 nitrogen and oxygen atoms in total. The van der Waals surface area contributed by atoms with E-state index in [1.807, 2.05) is 25.7 Å². The lowest BCUT2D eigenvalue weighted by Crippen LogP contribution is -2.54. The van der Waals surface area contributed by atoms with Crippen LogP contribution in [0.1, 0.15) is 26.8 Å². The summed E-state index contributed by atoms with van der Waals surface area (Å²) < 4.78 is 29.7. The van der Waals surface area contributed by atoms with Crippen LogP contribution in [-0.2, 0) is 14.8 Å². The Morgan fingerprint density at radius 3 is 2.28 bits per heavy atom. The predicted molar refractivity (Wildman–Crippen MR) is 115 cm³/mol. The molecule has 2 aromatic rings. The second-order valence-electron chi connectivity index (χ2n) is 7.31. The van der Waals surface area contributed by atoms with Crippen LogP contribution in [0.3, 0.4) is 0 Å². The molecule has 3 rings (SSSR count). The van der Waals surface area contributed by atoms with E-state index >= 15 is 0 Å². The zero-order valence-electron chi connectivity index (χ0n) is 16.7. The summed E-state index contributed by atoms with van der Waals surface area (Å²) in [5, 5.41) is 7.15. The molecule has 1 unspecified atom stereocenters. The van der Waals surface area contributed by atoms with Crippen molar-refractivity contribution in [3.05, 3.63) is 41.0 Å². The van der Waals surface area contributed by atoms with E-state index in [4.69, 9.17) is 0 Å². The van der Waals surface area contributed by atoms with Gasteiger partial charge in [-0.2, -0.15) is 9.40 Å². The van der Waals surface area contributed by atoms with Gasteiger partial charge in [-0.05, 0) is 45.0 Å². The molecule has 0 aliphatic carbocycles. The van der Waals surface area contributed by atoms with E-state index in [0.29, 0.717) is 32.0 Å². The van der Waals surface area contributed by atoms with Crippen molar-refractivity contribution in [2.24, 2.45) is 0 Å². The van der Waals surface area contributed by atoms with Crippen molar-refractivity contribution in [2.45, 2.75) is 37.8 Å². The molecule has 158 valence electrons. The van der Waals surface area contributed by atoms with Crippen molar-refractivity contribution in [3.63, 3.8) is 0 Å². The minimum atomic E-state index is -3.53. The lowest BCUT2D eigenvalue weighted by molar-refractivity contribution is -0.121. The number of anilines is 1.